The molecule has 39 heavy (non-hydrogen) atoms. The molecule has 1 N–H and O–H groups in total. The number of fused-ring (bicyclic) bond motifs is 3. The predicted octanol–water partition coefficient (Wildman–Crippen LogP) is 3.22. The monoisotopic (exact) mass is 530 g/mol. The maximum absolute atomic E-state index is 13.7. The number of piperidine rings is 1. The Morgan fingerprint density at radius 3 is 2.79 bits per heavy atom. The number of amides is 1. The quantitative estimate of drug-likeness (QED) is 0.409. The van der Waals surface area contributed by atoms with Crippen LogP contribution in [0.1, 0.15) is 29.6 Å². The first kappa shape index (κ1) is 24.4. The number of rotatable bonds is 6. The first-order chi connectivity index (χ1) is 19.0. The molecule has 0 spiro atoms. The molecule has 3 aliphatic rings. The van der Waals surface area contributed by atoms with E-state index in [1.54, 1.807) is 14.2 Å². The van der Waals surface area contributed by atoms with Crippen LogP contribution in [-0.2, 0) is 18.3 Å². The van der Waals surface area contributed by atoms with Gasteiger partial charge in [-0.3, -0.25) is 4.79 Å². The van der Waals surface area contributed by atoms with Crippen LogP contribution in [0.5, 0.6) is 11.6 Å². The van der Waals surface area contributed by atoms with Gasteiger partial charge >= 0.3 is 0 Å². The predicted molar refractivity (Wildman–Crippen MR) is 147 cm³/mol. The Balaban J connectivity index is 1.29. The second-order valence-electron chi connectivity index (χ2n) is 10.9. The number of ether oxygens (including phenoxy) is 3. The zero-order chi connectivity index (χ0) is 26.7. The van der Waals surface area contributed by atoms with E-state index in [2.05, 4.69) is 20.5 Å². The summed E-state index contributed by atoms with van der Waals surface area (Å²) in [5.41, 5.74) is 4.08. The summed E-state index contributed by atoms with van der Waals surface area (Å²) in [7, 11) is 5.29. The largest absolute Gasteiger partial charge is 0.494 e. The van der Waals surface area contributed by atoms with Crippen molar-refractivity contribution in [1.29, 1.82) is 0 Å². The minimum Gasteiger partial charge on any atom is -0.494 e. The number of nitrogens with zero attached hydrogens (tertiary/aromatic N) is 5. The Labute approximate surface area is 226 Å². The fourth-order valence-corrected chi connectivity index (χ4v) is 6.12. The lowest BCUT2D eigenvalue weighted by molar-refractivity contribution is -0.0383. The average molecular weight is 531 g/mol. The van der Waals surface area contributed by atoms with E-state index in [1.807, 2.05) is 36.2 Å². The number of carbonyl (C=O) groups is 1. The molecule has 0 radical (unpaired) electrons. The van der Waals surface area contributed by atoms with Crippen LogP contribution in [0.4, 0.5) is 0 Å². The molecule has 7 rings (SSSR count). The van der Waals surface area contributed by atoms with E-state index in [9.17, 15) is 4.79 Å². The molecule has 1 aromatic carbocycles. The Morgan fingerprint density at radius 1 is 1.13 bits per heavy atom. The molecule has 1 aliphatic carbocycles. The topological polar surface area (TPSA) is 95.7 Å². The molecule has 1 amide bonds. The van der Waals surface area contributed by atoms with Crippen molar-refractivity contribution >= 4 is 28.0 Å². The van der Waals surface area contributed by atoms with Crippen LogP contribution in [0, 0.1) is 5.92 Å². The molecule has 10 nitrogen and oxygen atoms in total. The molecule has 10 heteroatoms. The first-order valence-electron chi connectivity index (χ1n) is 13.8. The molecule has 3 fully saturated rings. The van der Waals surface area contributed by atoms with Gasteiger partial charge in [0.2, 0.25) is 5.88 Å². The average Bonchev–Trinajstić information content (AvgIpc) is 3.65. The highest BCUT2D eigenvalue weighted by atomic mass is 16.5. The fraction of sp³-hybridized carbons (Fsp3) is 0.483. The number of likely N-dealkylation sites (tertiary alicyclic amines) is 1. The van der Waals surface area contributed by atoms with Crippen LogP contribution in [0.2, 0.25) is 0 Å². The van der Waals surface area contributed by atoms with Crippen molar-refractivity contribution in [2.45, 2.75) is 38.0 Å². The number of methoxy groups -OCH3 is 2. The molecule has 2 aliphatic heterocycles. The third kappa shape index (κ3) is 4.22. The standard InChI is InChI=1S/C29H34N6O4/c1-33-26-20(12-19(14-24(26)37-2)29(36)34-10-8-23-21(16-34)30-9-11-39-23)31-28(33)22-13-18-6-7-25(38-3)32-27(18)35(22)15-17-4-5-17/h6-7,12-14,17,21,23,30H,4-5,8-11,15-16H2,1-3H3/t21?,23-/m1/s1. The van der Waals surface area contributed by atoms with Gasteiger partial charge in [-0.2, -0.15) is 4.98 Å². The van der Waals surface area contributed by atoms with Crippen LogP contribution < -0.4 is 14.8 Å². The SMILES string of the molecule is COc1ccc2cc(-c3nc4cc(C(=O)N5CC[C@H]6OCCNC6C5)cc(OC)c4n3C)n(CC3CC3)c2n1. The highest BCUT2D eigenvalue weighted by Crippen LogP contribution is 2.38. The summed E-state index contributed by atoms with van der Waals surface area (Å²) < 4.78 is 21.5. The van der Waals surface area contributed by atoms with Crippen molar-refractivity contribution in [3.63, 3.8) is 0 Å². The van der Waals surface area contributed by atoms with E-state index in [0.717, 1.165) is 59.7 Å². The Kier molecular flexibility index (Phi) is 5.97. The van der Waals surface area contributed by atoms with E-state index < -0.39 is 0 Å². The number of pyridine rings is 1. The van der Waals surface area contributed by atoms with Crippen molar-refractivity contribution in [2.24, 2.45) is 13.0 Å². The smallest absolute Gasteiger partial charge is 0.254 e. The van der Waals surface area contributed by atoms with E-state index >= 15 is 0 Å². The molecule has 5 heterocycles. The molecular weight excluding hydrogens is 496 g/mol. The van der Waals surface area contributed by atoms with E-state index in [4.69, 9.17) is 24.2 Å². The summed E-state index contributed by atoms with van der Waals surface area (Å²) in [6.45, 7) is 3.74. The first-order valence-corrected chi connectivity index (χ1v) is 13.8. The molecule has 1 unspecified atom stereocenters. The molecule has 4 aromatic rings. The minimum absolute atomic E-state index is 0.00707. The van der Waals surface area contributed by atoms with Gasteiger partial charge < -0.3 is 33.6 Å². The zero-order valence-corrected chi connectivity index (χ0v) is 22.6. The van der Waals surface area contributed by atoms with Crippen molar-refractivity contribution in [2.75, 3.05) is 40.5 Å². The number of morpholine rings is 1. The van der Waals surface area contributed by atoms with Crippen molar-refractivity contribution in [3.8, 4) is 23.1 Å². The number of aryl methyl sites for hydroxylation is 1. The molecule has 2 atom stereocenters. The molecular formula is C29H34N6O4. The zero-order valence-electron chi connectivity index (χ0n) is 22.6. The maximum atomic E-state index is 13.7. The second-order valence-corrected chi connectivity index (χ2v) is 10.9. The van der Waals surface area contributed by atoms with Crippen molar-refractivity contribution in [1.82, 2.24) is 29.3 Å². The molecule has 1 saturated carbocycles. The fourth-order valence-electron chi connectivity index (χ4n) is 6.12. The van der Waals surface area contributed by atoms with Gasteiger partial charge in [0.05, 0.1) is 44.2 Å². The van der Waals surface area contributed by atoms with Gasteiger partial charge in [0.1, 0.15) is 16.9 Å². The van der Waals surface area contributed by atoms with Gasteiger partial charge in [0.25, 0.3) is 5.91 Å². The highest BCUT2D eigenvalue weighted by molar-refractivity contribution is 6.00. The number of benzene rings is 1. The summed E-state index contributed by atoms with van der Waals surface area (Å²) in [4.78, 5) is 25.4. The van der Waals surface area contributed by atoms with Crippen LogP contribution in [0.3, 0.4) is 0 Å². The lowest BCUT2D eigenvalue weighted by Crippen LogP contribution is -2.59. The summed E-state index contributed by atoms with van der Waals surface area (Å²) in [5, 5.41) is 4.55. The second kappa shape index (κ2) is 9.53. The van der Waals surface area contributed by atoms with Crippen LogP contribution in [0.15, 0.2) is 30.3 Å². The maximum Gasteiger partial charge on any atom is 0.254 e. The van der Waals surface area contributed by atoms with Gasteiger partial charge in [0, 0.05) is 50.2 Å². The summed E-state index contributed by atoms with van der Waals surface area (Å²) in [6.07, 6.45) is 3.46. The van der Waals surface area contributed by atoms with Crippen molar-refractivity contribution < 1.29 is 19.0 Å². The van der Waals surface area contributed by atoms with Crippen molar-refractivity contribution in [3.05, 3.63) is 35.9 Å². The molecule has 3 aromatic heterocycles. The van der Waals surface area contributed by atoms with Gasteiger partial charge in [-0.1, -0.05) is 0 Å². The summed E-state index contributed by atoms with van der Waals surface area (Å²) in [5.74, 6) is 2.69. The Bertz CT molecular complexity index is 1570. The number of hydrogen-bond donors (Lipinski definition) is 1. The lowest BCUT2D eigenvalue weighted by Gasteiger charge is -2.41. The van der Waals surface area contributed by atoms with Crippen LogP contribution >= 0.6 is 0 Å². The number of hydrogen-bond acceptors (Lipinski definition) is 7. The normalized spacial score (nSPS) is 21.4. The van der Waals surface area contributed by atoms with E-state index in [-0.39, 0.29) is 18.1 Å². The van der Waals surface area contributed by atoms with Gasteiger partial charge in [-0.15, -0.1) is 0 Å². The highest BCUT2D eigenvalue weighted by Gasteiger charge is 2.34. The third-order valence-electron chi connectivity index (χ3n) is 8.37. The summed E-state index contributed by atoms with van der Waals surface area (Å²) in [6, 6.07) is 10.00. The number of nitrogens with one attached hydrogen (secondary N) is 1. The molecule has 0 bridgehead atoms. The lowest BCUT2D eigenvalue weighted by atomic mass is 9.99. The third-order valence-corrected chi connectivity index (χ3v) is 8.37. The van der Waals surface area contributed by atoms with Gasteiger partial charge in [-0.05, 0) is 49.4 Å². The number of carbonyl (C=O) groups excluding carboxylic acids is 1. The molecule has 204 valence electrons. The Hall–Kier alpha value is -3.63. The summed E-state index contributed by atoms with van der Waals surface area (Å²) >= 11 is 0. The number of imidazole rings is 1. The molecule has 2 saturated heterocycles. The van der Waals surface area contributed by atoms with Gasteiger partial charge in [-0.25, -0.2) is 4.98 Å². The van der Waals surface area contributed by atoms with E-state index in [0.29, 0.717) is 36.2 Å². The van der Waals surface area contributed by atoms with Crippen LogP contribution in [-0.4, -0.2) is 82.5 Å². The van der Waals surface area contributed by atoms with Gasteiger partial charge in [0.15, 0.2) is 5.82 Å². The number of aromatic nitrogens is 4. The minimum atomic E-state index is -0.00707. The Morgan fingerprint density at radius 2 is 2.00 bits per heavy atom. The van der Waals surface area contributed by atoms with Crippen LogP contribution in [0.25, 0.3) is 33.6 Å². The van der Waals surface area contributed by atoms with E-state index in [1.165, 1.54) is 12.8 Å².